The first-order valence-electron chi connectivity index (χ1n) is 4.80. The van der Waals surface area contributed by atoms with E-state index < -0.39 is 0 Å². The van der Waals surface area contributed by atoms with E-state index in [0.29, 0.717) is 5.92 Å². The van der Waals surface area contributed by atoms with Crippen molar-refractivity contribution in [2.75, 3.05) is 6.61 Å². The van der Waals surface area contributed by atoms with Gasteiger partial charge in [0.25, 0.3) is 0 Å². The average molecular weight is 179 g/mol. The van der Waals surface area contributed by atoms with Gasteiger partial charge in [0, 0.05) is 12.3 Å². The van der Waals surface area contributed by atoms with E-state index in [9.17, 15) is 0 Å². The third-order valence-corrected chi connectivity index (χ3v) is 1.77. The molecule has 1 heterocycles. The molecule has 0 aliphatic heterocycles. The number of hydrogen-bond acceptors (Lipinski definition) is 2. The molecule has 0 bridgehead atoms. The molecule has 2 nitrogen and oxygen atoms in total. The van der Waals surface area contributed by atoms with Gasteiger partial charge < -0.3 is 4.74 Å². The highest BCUT2D eigenvalue weighted by molar-refractivity contribution is 5.17. The third kappa shape index (κ3) is 3.45. The fourth-order valence-corrected chi connectivity index (χ4v) is 0.957. The lowest BCUT2D eigenvalue weighted by atomic mass is 10.2. The van der Waals surface area contributed by atoms with Crippen molar-refractivity contribution in [3.63, 3.8) is 0 Å². The minimum atomic E-state index is 0.549. The van der Waals surface area contributed by atoms with Crippen LogP contribution in [0.5, 0.6) is 5.88 Å². The van der Waals surface area contributed by atoms with Crippen molar-refractivity contribution >= 4 is 0 Å². The summed E-state index contributed by atoms with van der Waals surface area (Å²) < 4.78 is 5.46. The zero-order valence-electron chi connectivity index (χ0n) is 8.58. The Morgan fingerprint density at radius 3 is 2.62 bits per heavy atom. The standard InChI is InChI=1S/C11H17NO/c1-4-10-5-6-11(12-7-10)13-8-9(2)3/h5-7,9H,4,8H2,1-3H3. The van der Waals surface area contributed by atoms with Crippen LogP contribution >= 0.6 is 0 Å². The Kier molecular flexibility index (Phi) is 3.74. The summed E-state index contributed by atoms with van der Waals surface area (Å²) in [5.74, 6) is 1.28. The molecule has 0 radical (unpaired) electrons. The van der Waals surface area contributed by atoms with Gasteiger partial charge in [-0.15, -0.1) is 0 Å². The summed E-state index contributed by atoms with van der Waals surface area (Å²) in [5.41, 5.74) is 1.25. The van der Waals surface area contributed by atoms with Crippen molar-refractivity contribution in [2.24, 2.45) is 5.92 Å². The number of aryl methyl sites for hydroxylation is 1. The number of hydrogen-bond donors (Lipinski definition) is 0. The molecule has 0 N–H and O–H groups in total. The second-order valence-electron chi connectivity index (χ2n) is 3.56. The molecule has 0 unspecified atom stereocenters. The second kappa shape index (κ2) is 4.85. The molecule has 2 heteroatoms. The normalized spacial score (nSPS) is 10.5. The summed E-state index contributed by atoms with van der Waals surface area (Å²) in [6.07, 6.45) is 2.90. The predicted octanol–water partition coefficient (Wildman–Crippen LogP) is 2.68. The fraction of sp³-hybridized carbons (Fsp3) is 0.545. The van der Waals surface area contributed by atoms with Gasteiger partial charge in [-0.2, -0.15) is 0 Å². The van der Waals surface area contributed by atoms with Crippen LogP contribution in [-0.2, 0) is 6.42 Å². The Hall–Kier alpha value is -1.05. The van der Waals surface area contributed by atoms with E-state index in [1.807, 2.05) is 12.3 Å². The average Bonchev–Trinajstić information content (AvgIpc) is 2.15. The Bertz CT molecular complexity index is 241. The third-order valence-electron chi connectivity index (χ3n) is 1.77. The van der Waals surface area contributed by atoms with Crippen LogP contribution in [0.25, 0.3) is 0 Å². The predicted molar refractivity (Wildman–Crippen MR) is 53.9 cm³/mol. The zero-order valence-corrected chi connectivity index (χ0v) is 8.58. The number of pyridine rings is 1. The van der Waals surface area contributed by atoms with Gasteiger partial charge >= 0.3 is 0 Å². The number of rotatable bonds is 4. The first-order valence-corrected chi connectivity index (χ1v) is 4.80. The van der Waals surface area contributed by atoms with Crippen LogP contribution < -0.4 is 4.74 Å². The van der Waals surface area contributed by atoms with Crippen LogP contribution in [0.2, 0.25) is 0 Å². The van der Waals surface area contributed by atoms with Gasteiger partial charge in [0.1, 0.15) is 0 Å². The molecule has 0 saturated heterocycles. The lowest BCUT2D eigenvalue weighted by Crippen LogP contribution is -2.05. The molecule has 0 aliphatic carbocycles. The van der Waals surface area contributed by atoms with E-state index in [0.717, 1.165) is 18.9 Å². The maximum atomic E-state index is 5.46. The van der Waals surface area contributed by atoms with E-state index >= 15 is 0 Å². The van der Waals surface area contributed by atoms with E-state index in [-0.39, 0.29) is 0 Å². The van der Waals surface area contributed by atoms with Crippen LogP contribution in [-0.4, -0.2) is 11.6 Å². The van der Waals surface area contributed by atoms with Gasteiger partial charge in [0.15, 0.2) is 0 Å². The number of aromatic nitrogens is 1. The first-order chi connectivity index (χ1) is 6.22. The van der Waals surface area contributed by atoms with E-state index in [4.69, 9.17) is 4.74 Å². The monoisotopic (exact) mass is 179 g/mol. The molecule has 0 spiro atoms. The molecule has 1 aromatic rings. The smallest absolute Gasteiger partial charge is 0.213 e. The van der Waals surface area contributed by atoms with E-state index in [1.165, 1.54) is 5.56 Å². The highest BCUT2D eigenvalue weighted by atomic mass is 16.5. The highest BCUT2D eigenvalue weighted by Gasteiger charge is 1.97. The molecule has 0 atom stereocenters. The minimum Gasteiger partial charge on any atom is -0.477 e. The van der Waals surface area contributed by atoms with Crippen LogP contribution in [0.4, 0.5) is 0 Å². The van der Waals surface area contributed by atoms with Crippen molar-refractivity contribution < 1.29 is 4.74 Å². The van der Waals surface area contributed by atoms with Crippen molar-refractivity contribution in [3.8, 4) is 5.88 Å². The molecule has 0 amide bonds. The number of nitrogens with zero attached hydrogens (tertiary/aromatic N) is 1. The fourth-order valence-electron chi connectivity index (χ4n) is 0.957. The quantitative estimate of drug-likeness (QED) is 0.709. The van der Waals surface area contributed by atoms with Gasteiger partial charge in [0.05, 0.1) is 6.61 Å². The molecule has 1 aromatic heterocycles. The maximum absolute atomic E-state index is 5.46. The first kappa shape index (κ1) is 10.0. The maximum Gasteiger partial charge on any atom is 0.213 e. The SMILES string of the molecule is CCc1ccc(OCC(C)C)nc1. The summed E-state index contributed by atoms with van der Waals surface area (Å²) >= 11 is 0. The number of ether oxygens (including phenoxy) is 1. The summed E-state index contributed by atoms with van der Waals surface area (Å²) in [6, 6.07) is 3.99. The molecular weight excluding hydrogens is 162 g/mol. The zero-order chi connectivity index (χ0) is 9.68. The molecule has 0 aliphatic rings. The van der Waals surface area contributed by atoms with Gasteiger partial charge in [-0.25, -0.2) is 4.98 Å². The molecule has 13 heavy (non-hydrogen) atoms. The van der Waals surface area contributed by atoms with E-state index in [2.05, 4.69) is 31.8 Å². The van der Waals surface area contributed by atoms with Crippen molar-refractivity contribution in [1.82, 2.24) is 4.98 Å². The molecular formula is C11H17NO. The van der Waals surface area contributed by atoms with Gasteiger partial charge in [-0.1, -0.05) is 26.8 Å². The van der Waals surface area contributed by atoms with Crippen LogP contribution in [0.1, 0.15) is 26.3 Å². The molecule has 0 aromatic carbocycles. The topological polar surface area (TPSA) is 22.1 Å². The van der Waals surface area contributed by atoms with Gasteiger partial charge in [0.2, 0.25) is 5.88 Å². The van der Waals surface area contributed by atoms with Crippen molar-refractivity contribution in [3.05, 3.63) is 23.9 Å². The van der Waals surface area contributed by atoms with Gasteiger partial charge in [-0.3, -0.25) is 0 Å². The molecule has 0 saturated carbocycles. The largest absolute Gasteiger partial charge is 0.477 e. The summed E-state index contributed by atoms with van der Waals surface area (Å²) in [7, 11) is 0. The minimum absolute atomic E-state index is 0.549. The summed E-state index contributed by atoms with van der Waals surface area (Å²) in [6.45, 7) is 7.10. The van der Waals surface area contributed by atoms with Crippen molar-refractivity contribution in [2.45, 2.75) is 27.2 Å². The Balaban J connectivity index is 2.49. The van der Waals surface area contributed by atoms with E-state index in [1.54, 1.807) is 0 Å². The van der Waals surface area contributed by atoms with Crippen LogP contribution in [0.3, 0.4) is 0 Å². The van der Waals surface area contributed by atoms with Gasteiger partial charge in [-0.05, 0) is 17.9 Å². The Morgan fingerprint density at radius 1 is 1.38 bits per heavy atom. The lowest BCUT2D eigenvalue weighted by Gasteiger charge is -2.07. The highest BCUT2D eigenvalue weighted by Crippen LogP contribution is 2.08. The van der Waals surface area contributed by atoms with Crippen LogP contribution in [0, 0.1) is 5.92 Å². The Morgan fingerprint density at radius 2 is 2.15 bits per heavy atom. The molecule has 1 rings (SSSR count). The van der Waals surface area contributed by atoms with Crippen LogP contribution in [0.15, 0.2) is 18.3 Å². The second-order valence-corrected chi connectivity index (χ2v) is 3.56. The molecule has 0 fully saturated rings. The molecule has 72 valence electrons. The summed E-state index contributed by atoms with van der Waals surface area (Å²) in [4.78, 5) is 4.20. The lowest BCUT2D eigenvalue weighted by molar-refractivity contribution is 0.261. The van der Waals surface area contributed by atoms with Crippen molar-refractivity contribution in [1.29, 1.82) is 0 Å². The summed E-state index contributed by atoms with van der Waals surface area (Å²) in [5, 5.41) is 0. The Labute approximate surface area is 80.0 Å².